The topological polar surface area (TPSA) is 87.9 Å². The highest BCUT2D eigenvalue weighted by Crippen LogP contribution is 2.30. The maximum absolute atomic E-state index is 13.0. The van der Waals surface area contributed by atoms with E-state index in [-0.39, 0.29) is 24.0 Å². The Balaban J connectivity index is 1.32. The van der Waals surface area contributed by atoms with Gasteiger partial charge in [0.2, 0.25) is 11.8 Å². The zero-order valence-electron chi connectivity index (χ0n) is 21.6. The van der Waals surface area contributed by atoms with Gasteiger partial charge < -0.3 is 20.7 Å². The molecule has 2 heterocycles. The Morgan fingerprint density at radius 1 is 1.16 bits per heavy atom. The van der Waals surface area contributed by atoms with Crippen molar-refractivity contribution in [1.29, 1.82) is 0 Å². The van der Waals surface area contributed by atoms with Crippen LogP contribution in [0, 0.1) is 12.3 Å². The monoisotopic (exact) mass is 525 g/mol. The molecule has 2 aliphatic heterocycles. The Labute approximate surface area is 225 Å². The Morgan fingerprint density at radius 2 is 1.92 bits per heavy atom. The lowest BCUT2D eigenvalue weighted by Crippen LogP contribution is -2.41. The van der Waals surface area contributed by atoms with Gasteiger partial charge in [0.25, 0.3) is 0 Å². The van der Waals surface area contributed by atoms with Crippen LogP contribution in [0.5, 0.6) is 5.75 Å². The van der Waals surface area contributed by atoms with Gasteiger partial charge in [-0.3, -0.25) is 14.5 Å². The van der Waals surface area contributed by atoms with Crippen LogP contribution in [0.1, 0.15) is 43.7 Å². The van der Waals surface area contributed by atoms with Crippen LogP contribution in [0.4, 0.5) is 0 Å². The highest BCUT2D eigenvalue weighted by Gasteiger charge is 2.28. The summed E-state index contributed by atoms with van der Waals surface area (Å²) in [4.78, 5) is 28.7. The second-order valence-corrected chi connectivity index (χ2v) is 10.6. The van der Waals surface area contributed by atoms with Gasteiger partial charge in [-0.1, -0.05) is 54.9 Å². The van der Waals surface area contributed by atoms with Gasteiger partial charge in [-0.05, 0) is 55.5 Å². The van der Waals surface area contributed by atoms with Crippen molar-refractivity contribution >= 4 is 23.4 Å². The smallest absolute Gasteiger partial charge is 0.227 e. The minimum Gasteiger partial charge on any atom is -0.489 e. The molecule has 2 aliphatic rings. The highest BCUT2D eigenvalue weighted by atomic mass is 35.5. The largest absolute Gasteiger partial charge is 0.489 e. The number of halogens is 1. The first kappa shape index (κ1) is 27.4. The summed E-state index contributed by atoms with van der Waals surface area (Å²) in [5.41, 5.74) is 7.64. The molecule has 8 heteroatoms. The fraction of sp³-hybridized carbons (Fsp3) is 0.483. The van der Waals surface area contributed by atoms with Crippen molar-refractivity contribution in [1.82, 2.24) is 15.1 Å². The molecule has 7 nitrogen and oxygen atoms in total. The number of rotatable bonds is 11. The molecular weight excluding hydrogens is 488 g/mol. The number of carbonyl (C=O) groups is 2. The summed E-state index contributed by atoms with van der Waals surface area (Å²) in [7, 11) is 0. The zero-order valence-corrected chi connectivity index (χ0v) is 22.3. The van der Waals surface area contributed by atoms with E-state index in [1.165, 1.54) is 5.56 Å². The summed E-state index contributed by atoms with van der Waals surface area (Å²) < 4.78 is 6.28. The third-order valence-corrected chi connectivity index (χ3v) is 7.61. The number of nitrogens with one attached hydrogen (secondary N) is 1. The fourth-order valence-corrected chi connectivity index (χ4v) is 5.19. The summed E-state index contributed by atoms with van der Waals surface area (Å²) in [6, 6.07) is 16.5. The van der Waals surface area contributed by atoms with E-state index in [0.29, 0.717) is 23.7 Å². The minimum atomic E-state index is -0.401. The van der Waals surface area contributed by atoms with Crippen LogP contribution in [0.25, 0.3) is 0 Å². The number of hydrogen-bond acceptors (Lipinski definition) is 5. The predicted octanol–water partition coefficient (Wildman–Crippen LogP) is 3.79. The normalized spacial score (nSPS) is 19.5. The van der Waals surface area contributed by atoms with Crippen molar-refractivity contribution in [3.63, 3.8) is 0 Å². The van der Waals surface area contributed by atoms with Crippen LogP contribution < -0.4 is 15.8 Å². The number of likely N-dealkylation sites (tertiary alicyclic amines) is 1. The number of carbonyl (C=O) groups excluding carboxylic acids is 2. The first-order chi connectivity index (χ1) is 17.9. The Hall–Kier alpha value is -2.61. The number of amides is 2. The van der Waals surface area contributed by atoms with Gasteiger partial charge in [-0.15, -0.1) is 0 Å². The molecule has 199 valence electrons. The lowest BCUT2D eigenvalue weighted by atomic mass is 10.0. The van der Waals surface area contributed by atoms with Gasteiger partial charge >= 0.3 is 0 Å². The average Bonchev–Trinajstić information content (AvgIpc) is 3.43. The molecule has 0 spiro atoms. The van der Waals surface area contributed by atoms with E-state index >= 15 is 0 Å². The van der Waals surface area contributed by atoms with Crippen LogP contribution >= 0.6 is 11.6 Å². The number of benzene rings is 2. The quantitative estimate of drug-likeness (QED) is 0.466. The molecule has 1 radical (unpaired) electrons. The van der Waals surface area contributed by atoms with Crippen molar-refractivity contribution in [3.8, 4) is 5.75 Å². The van der Waals surface area contributed by atoms with Gasteiger partial charge in [0.1, 0.15) is 11.9 Å². The average molecular weight is 526 g/mol. The van der Waals surface area contributed by atoms with E-state index in [1.807, 2.05) is 29.2 Å². The van der Waals surface area contributed by atoms with Gasteiger partial charge in [-0.25, -0.2) is 0 Å². The van der Waals surface area contributed by atoms with Crippen molar-refractivity contribution < 1.29 is 14.3 Å². The van der Waals surface area contributed by atoms with Crippen LogP contribution in [-0.2, 0) is 22.7 Å². The van der Waals surface area contributed by atoms with Crippen molar-refractivity contribution in [2.75, 3.05) is 26.2 Å². The standard InChI is InChI=1S/C29H38ClN4O3/c1-21(29(31)36)7-10-28(35)34(24-11-14-32-18-24)20-23-8-9-27(26(30)17-23)37-25-12-15-33(16-13-25)19-22-5-3-2-4-6-22/h2-6,8-10,17,21,24-25,32H,7,11-16,18-20H2,1H3,(H2,31,36)/t21-,24-/m0/s1. The Morgan fingerprint density at radius 3 is 2.57 bits per heavy atom. The van der Waals surface area contributed by atoms with Crippen LogP contribution in [-0.4, -0.2) is 59.9 Å². The molecule has 0 aliphatic carbocycles. The summed E-state index contributed by atoms with van der Waals surface area (Å²) in [5, 5.41) is 3.89. The predicted molar refractivity (Wildman–Crippen MR) is 146 cm³/mol. The summed E-state index contributed by atoms with van der Waals surface area (Å²) >= 11 is 6.63. The maximum Gasteiger partial charge on any atom is 0.227 e. The van der Waals surface area contributed by atoms with E-state index in [4.69, 9.17) is 22.1 Å². The van der Waals surface area contributed by atoms with Gasteiger partial charge in [0.05, 0.1) is 11.4 Å². The second-order valence-electron chi connectivity index (χ2n) is 10.2. The van der Waals surface area contributed by atoms with E-state index in [0.717, 1.165) is 57.5 Å². The third kappa shape index (κ3) is 7.94. The second kappa shape index (κ2) is 13.3. The molecular formula is C29H38ClN4O3. The van der Waals surface area contributed by atoms with E-state index < -0.39 is 5.91 Å². The lowest BCUT2D eigenvalue weighted by Gasteiger charge is -2.32. The Kier molecular flexibility index (Phi) is 9.83. The number of piperidine rings is 1. The number of ether oxygens (including phenoxy) is 1. The molecule has 37 heavy (non-hydrogen) atoms. The molecule has 2 atom stereocenters. The first-order valence-corrected chi connectivity index (χ1v) is 13.6. The van der Waals surface area contributed by atoms with Gasteiger partial charge in [0, 0.05) is 44.7 Å². The SMILES string of the molecule is C[C@@H](C[CH]C(=O)N(Cc1ccc(OC2CCN(Cc3ccccc3)CC2)c(Cl)c1)[C@H]1CCNC1)C(N)=O. The number of hydrogen-bond donors (Lipinski definition) is 2. The molecule has 2 aromatic carbocycles. The Bertz CT molecular complexity index is 1040. The minimum absolute atomic E-state index is 0.0829. The van der Waals surface area contributed by atoms with Crippen LogP contribution in [0.3, 0.4) is 0 Å². The van der Waals surface area contributed by atoms with Crippen LogP contribution in [0.2, 0.25) is 5.02 Å². The van der Waals surface area contributed by atoms with Crippen LogP contribution in [0.15, 0.2) is 48.5 Å². The van der Waals surface area contributed by atoms with Crippen molar-refractivity contribution in [2.24, 2.45) is 11.7 Å². The molecule has 3 N–H and O–H groups in total. The van der Waals surface area contributed by atoms with E-state index in [9.17, 15) is 9.59 Å². The summed E-state index contributed by atoms with van der Waals surface area (Å²) in [6.07, 6.45) is 4.87. The third-order valence-electron chi connectivity index (χ3n) is 7.32. The molecule has 4 rings (SSSR count). The number of nitrogens with two attached hydrogens (primary N) is 1. The molecule has 2 fully saturated rings. The van der Waals surface area contributed by atoms with E-state index in [1.54, 1.807) is 13.3 Å². The number of primary amides is 1. The summed E-state index contributed by atoms with van der Waals surface area (Å²) in [6.45, 7) is 6.77. The molecule has 0 aromatic heterocycles. The van der Waals surface area contributed by atoms with E-state index in [2.05, 4.69) is 34.5 Å². The maximum atomic E-state index is 13.0. The van der Waals surface area contributed by atoms with Gasteiger partial charge in [0.15, 0.2) is 0 Å². The van der Waals surface area contributed by atoms with Crippen molar-refractivity contribution in [2.45, 2.75) is 57.8 Å². The first-order valence-electron chi connectivity index (χ1n) is 13.2. The fourth-order valence-electron chi connectivity index (χ4n) is 4.94. The molecule has 2 saturated heterocycles. The number of nitrogens with zero attached hydrogens (tertiary/aromatic N) is 2. The highest BCUT2D eigenvalue weighted by molar-refractivity contribution is 6.32. The molecule has 2 aromatic rings. The molecule has 0 unspecified atom stereocenters. The molecule has 0 bridgehead atoms. The molecule has 2 amide bonds. The van der Waals surface area contributed by atoms with Gasteiger partial charge in [-0.2, -0.15) is 0 Å². The zero-order chi connectivity index (χ0) is 26.2. The molecule has 0 saturated carbocycles. The van der Waals surface area contributed by atoms with Crippen molar-refractivity contribution in [3.05, 3.63) is 71.1 Å². The summed E-state index contributed by atoms with van der Waals surface area (Å²) in [5.74, 6) is -0.166. The lowest BCUT2D eigenvalue weighted by molar-refractivity contribution is -0.130.